The van der Waals surface area contributed by atoms with Gasteiger partial charge in [-0.15, -0.1) is 35.3 Å². The number of phenolic OH excluding ortho intramolecular Hbond substituents is 1. The molecule has 1 atom stereocenters. The van der Waals surface area contributed by atoms with Crippen LogP contribution in [-0.2, 0) is 11.3 Å². The fraction of sp³-hybridized carbons (Fsp3) is 0.421. The summed E-state index contributed by atoms with van der Waals surface area (Å²) in [5.74, 6) is -0.897. The number of ether oxygens (including phenoxy) is 1. The van der Waals surface area contributed by atoms with Gasteiger partial charge in [-0.1, -0.05) is 6.07 Å². The first kappa shape index (κ1) is 25.1. The highest BCUT2D eigenvalue weighted by Gasteiger charge is 2.20. The molecule has 0 aliphatic rings. The van der Waals surface area contributed by atoms with Crippen LogP contribution in [-0.4, -0.2) is 35.2 Å². The number of carbonyl (C=O) groups is 1. The zero-order chi connectivity index (χ0) is 20.7. The minimum atomic E-state index is -0.677. The Hall–Kier alpha value is -1.95. The third-order valence-corrected chi connectivity index (χ3v) is 5.09. The van der Waals surface area contributed by atoms with E-state index < -0.39 is 5.82 Å². The number of rotatable bonds is 7. The summed E-state index contributed by atoms with van der Waals surface area (Å²) in [6.07, 6.45) is 0. The number of hydrogen-bond acceptors (Lipinski definition) is 6. The largest absolute Gasteiger partial charge is 0.505 e. The van der Waals surface area contributed by atoms with Crippen molar-refractivity contribution in [2.45, 2.75) is 40.3 Å². The lowest BCUT2D eigenvalue weighted by molar-refractivity contribution is 0.0531. The molecule has 29 heavy (non-hydrogen) atoms. The smallest absolute Gasteiger partial charge is 0.350 e. The summed E-state index contributed by atoms with van der Waals surface area (Å²) in [5, 5.41) is 16.4. The second kappa shape index (κ2) is 11.9. The Bertz CT molecular complexity index is 860. The molecule has 0 saturated heterocycles. The predicted octanol–water partition coefficient (Wildman–Crippen LogP) is 3.91. The molecule has 0 aliphatic heterocycles. The Morgan fingerprint density at radius 2 is 2.14 bits per heavy atom. The molecule has 0 saturated carbocycles. The molecule has 1 aromatic heterocycles. The van der Waals surface area contributed by atoms with Crippen LogP contribution < -0.4 is 10.6 Å². The molecule has 2 aromatic rings. The zero-order valence-corrected chi connectivity index (χ0v) is 19.9. The standard InChI is InChI=1S/C19H25FN4O3S.HI/c1-5-21-19(22-10-13-7-8-15(25)14(20)9-13)24-12(4)17-23-11(3)16(28-17)18(26)27-6-2;/h7-9,12,25H,5-6,10H2,1-4H3,(H2,21,22,24);1H. The van der Waals surface area contributed by atoms with Crippen molar-refractivity contribution in [1.82, 2.24) is 15.6 Å². The van der Waals surface area contributed by atoms with Crippen LogP contribution in [0.15, 0.2) is 23.2 Å². The number of benzene rings is 1. The van der Waals surface area contributed by atoms with E-state index in [-0.39, 0.29) is 48.3 Å². The average molecular weight is 536 g/mol. The van der Waals surface area contributed by atoms with E-state index in [1.165, 1.54) is 23.5 Å². The Balaban J connectivity index is 0.00000420. The molecular weight excluding hydrogens is 510 g/mol. The fourth-order valence-corrected chi connectivity index (χ4v) is 3.36. The van der Waals surface area contributed by atoms with Gasteiger partial charge in [-0.05, 0) is 45.4 Å². The van der Waals surface area contributed by atoms with Gasteiger partial charge in [0.05, 0.1) is 24.9 Å². The number of nitrogens with zero attached hydrogens (tertiary/aromatic N) is 2. The topological polar surface area (TPSA) is 95.8 Å². The molecule has 160 valence electrons. The third-order valence-electron chi connectivity index (χ3n) is 3.77. The van der Waals surface area contributed by atoms with Crippen LogP contribution in [0.2, 0.25) is 0 Å². The molecule has 3 N–H and O–H groups in total. The minimum Gasteiger partial charge on any atom is -0.505 e. The minimum absolute atomic E-state index is 0. The summed E-state index contributed by atoms with van der Waals surface area (Å²) in [6, 6.07) is 3.98. The molecule has 0 amide bonds. The second-order valence-electron chi connectivity index (χ2n) is 6.03. The number of guanidine groups is 1. The molecule has 0 aliphatic carbocycles. The van der Waals surface area contributed by atoms with Crippen LogP contribution in [0.4, 0.5) is 4.39 Å². The number of aliphatic imine (C=N–C) groups is 1. The summed E-state index contributed by atoms with van der Waals surface area (Å²) >= 11 is 1.29. The van der Waals surface area contributed by atoms with Gasteiger partial charge in [0.25, 0.3) is 0 Å². The number of aromatic nitrogens is 1. The lowest BCUT2D eigenvalue weighted by Crippen LogP contribution is -2.38. The van der Waals surface area contributed by atoms with Crippen LogP contribution in [0, 0.1) is 12.7 Å². The van der Waals surface area contributed by atoms with Gasteiger partial charge in [-0.2, -0.15) is 0 Å². The average Bonchev–Trinajstić information content (AvgIpc) is 3.05. The molecule has 1 aromatic carbocycles. The number of nitrogens with one attached hydrogen (secondary N) is 2. The quantitative estimate of drug-likeness (QED) is 0.215. The number of aryl methyl sites for hydroxylation is 1. The van der Waals surface area contributed by atoms with Gasteiger partial charge in [0, 0.05) is 6.54 Å². The maximum atomic E-state index is 13.5. The van der Waals surface area contributed by atoms with Crippen molar-refractivity contribution in [3.05, 3.63) is 45.2 Å². The normalized spacial score (nSPS) is 12.1. The Kier molecular flexibility index (Phi) is 10.3. The van der Waals surface area contributed by atoms with Crippen LogP contribution >= 0.6 is 35.3 Å². The van der Waals surface area contributed by atoms with E-state index >= 15 is 0 Å². The van der Waals surface area contributed by atoms with Crippen molar-refractivity contribution >= 4 is 47.2 Å². The van der Waals surface area contributed by atoms with Gasteiger partial charge in [-0.25, -0.2) is 19.2 Å². The monoisotopic (exact) mass is 536 g/mol. The van der Waals surface area contributed by atoms with Crippen LogP contribution in [0.3, 0.4) is 0 Å². The van der Waals surface area contributed by atoms with Gasteiger partial charge in [0.15, 0.2) is 17.5 Å². The first-order valence-electron chi connectivity index (χ1n) is 9.02. The van der Waals surface area contributed by atoms with Crippen molar-refractivity contribution in [2.75, 3.05) is 13.2 Å². The first-order valence-corrected chi connectivity index (χ1v) is 9.84. The van der Waals surface area contributed by atoms with Crippen LogP contribution in [0.5, 0.6) is 5.75 Å². The fourth-order valence-electron chi connectivity index (χ4n) is 2.39. The number of phenols is 1. The van der Waals surface area contributed by atoms with Gasteiger partial charge < -0.3 is 20.5 Å². The predicted molar refractivity (Wildman–Crippen MR) is 123 cm³/mol. The molecule has 10 heteroatoms. The van der Waals surface area contributed by atoms with E-state index in [2.05, 4.69) is 20.6 Å². The molecule has 0 radical (unpaired) electrons. The van der Waals surface area contributed by atoms with Crippen molar-refractivity contribution in [1.29, 1.82) is 0 Å². The van der Waals surface area contributed by atoms with Crippen LogP contribution in [0.1, 0.15) is 52.7 Å². The van der Waals surface area contributed by atoms with Gasteiger partial charge in [0.1, 0.15) is 9.88 Å². The van der Waals surface area contributed by atoms with E-state index in [0.717, 1.165) is 5.01 Å². The van der Waals surface area contributed by atoms with Crippen LogP contribution in [0.25, 0.3) is 0 Å². The van der Waals surface area contributed by atoms with E-state index in [0.29, 0.717) is 35.2 Å². The SMILES string of the molecule is CCNC(=NCc1ccc(O)c(F)c1)NC(C)c1nc(C)c(C(=O)OCC)s1.I. The van der Waals surface area contributed by atoms with Crippen molar-refractivity contribution in [3.8, 4) is 5.75 Å². The van der Waals surface area contributed by atoms with Crippen molar-refractivity contribution in [3.63, 3.8) is 0 Å². The lowest BCUT2D eigenvalue weighted by atomic mass is 10.2. The summed E-state index contributed by atoms with van der Waals surface area (Å²) < 4.78 is 18.5. The summed E-state index contributed by atoms with van der Waals surface area (Å²) in [5.41, 5.74) is 1.27. The number of carbonyl (C=O) groups excluding carboxylic acids is 1. The number of aromatic hydroxyl groups is 1. The molecule has 1 unspecified atom stereocenters. The molecular formula is C19H26FIN4O3S. The summed E-state index contributed by atoms with van der Waals surface area (Å²) in [7, 11) is 0. The summed E-state index contributed by atoms with van der Waals surface area (Å²) in [6.45, 7) is 8.59. The highest BCUT2D eigenvalue weighted by Crippen LogP contribution is 2.24. The van der Waals surface area contributed by atoms with Gasteiger partial charge in [0.2, 0.25) is 0 Å². The Morgan fingerprint density at radius 3 is 2.76 bits per heavy atom. The van der Waals surface area contributed by atoms with Gasteiger partial charge in [-0.3, -0.25) is 0 Å². The van der Waals surface area contributed by atoms with E-state index in [4.69, 9.17) is 4.74 Å². The molecule has 2 rings (SSSR count). The lowest BCUT2D eigenvalue weighted by Gasteiger charge is -2.16. The Labute approximate surface area is 190 Å². The molecule has 7 nitrogen and oxygen atoms in total. The van der Waals surface area contributed by atoms with E-state index in [1.54, 1.807) is 19.9 Å². The zero-order valence-electron chi connectivity index (χ0n) is 16.8. The maximum absolute atomic E-state index is 13.5. The molecule has 0 fully saturated rings. The van der Waals surface area contributed by atoms with E-state index in [1.807, 2.05) is 13.8 Å². The molecule has 0 bridgehead atoms. The highest BCUT2D eigenvalue weighted by molar-refractivity contribution is 14.0. The molecule has 0 spiro atoms. The van der Waals surface area contributed by atoms with Gasteiger partial charge >= 0.3 is 5.97 Å². The maximum Gasteiger partial charge on any atom is 0.350 e. The van der Waals surface area contributed by atoms with E-state index in [9.17, 15) is 14.3 Å². The van der Waals surface area contributed by atoms with Crippen molar-refractivity contribution in [2.24, 2.45) is 4.99 Å². The third kappa shape index (κ3) is 7.11. The number of esters is 1. The number of hydrogen-bond donors (Lipinski definition) is 3. The first-order chi connectivity index (χ1) is 13.3. The number of thiazole rings is 1. The Morgan fingerprint density at radius 1 is 1.41 bits per heavy atom. The highest BCUT2D eigenvalue weighted by atomic mass is 127. The summed E-state index contributed by atoms with van der Waals surface area (Å²) in [4.78, 5) is 21.4. The van der Waals surface area contributed by atoms with Crippen molar-refractivity contribution < 1.29 is 19.0 Å². The second-order valence-corrected chi connectivity index (χ2v) is 7.06. The molecule has 1 heterocycles. The number of halogens is 2.